The Bertz CT molecular complexity index is 854. The van der Waals surface area contributed by atoms with Crippen LogP contribution in [0.2, 0.25) is 0 Å². The zero-order valence-corrected chi connectivity index (χ0v) is 16.2. The molecule has 1 aromatic rings. The van der Waals surface area contributed by atoms with Gasteiger partial charge in [-0.25, -0.2) is 0 Å². The van der Waals surface area contributed by atoms with E-state index >= 15 is 0 Å². The molecule has 1 heterocycles. The van der Waals surface area contributed by atoms with E-state index in [9.17, 15) is 26.4 Å². The van der Waals surface area contributed by atoms with Crippen molar-refractivity contribution in [1.29, 1.82) is 0 Å². The second kappa shape index (κ2) is 6.39. The number of halogens is 3. The molecule has 1 N–H and O–H groups in total. The van der Waals surface area contributed by atoms with Crippen LogP contribution in [0, 0.1) is 17.3 Å². The number of carbonyl (C=O) groups is 1. The first-order valence-electron chi connectivity index (χ1n) is 8.85. The van der Waals surface area contributed by atoms with Gasteiger partial charge in [-0.3, -0.25) is 9.52 Å². The average Bonchev–Trinajstić information content (AvgIpc) is 3.27. The fourth-order valence-electron chi connectivity index (χ4n) is 4.28. The van der Waals surface area contributed by atoms with Crippen molar-refractivity contribution in [2.75, 3.05) is 4.72 Å². The molecule has 5 nitrogen and oxygen atoms in total. The van der Waals surface area contributed by atoms with Gasteiger partial charge >= 0.3 is 15.5 Å². The summed E-state index contributed by atoms with van der Waals surface area (Å²) in [5, 5.41) is 0. The lowest BCUT2D eigenvalue weighted by Gasteiger charge is -2.39. The van der Waals surface area contributed by atoms with Crippen molar-refractivity contribution in [2.45, 2.75) is 51.7 Å². The topological polar surface area (TPSA) is 66.5 Å². The number of anilines is 1. The minimum Gasteiger partial charge on any atom is -0.335 e. The fourth-order valence-corrected chi connectivity index (χ4v) is 4.88. The number of nitrogens with zero attached hydrogens (tertiary/aromatic N) is 1. The Morgan fingerprint density at radius 1 is 1.30 bits per heavy atom. The average molecular weight is 404 g/mol. The molecule has 2 aliphatic rings. The van der Waals surface area contributed by atoms with Gasteiger partial charge in [0.05, 0.1) is 5.69 Å². The number of hydrogen-bond acceptors (Lipinski definition) is 3. The van der Waals surface area contributed by atoms with Crippen LogP contribution >= 0.6 is 0 Å². The number of carbonyl (C=O) groups excluding carboxylic acids is 1. The summed E-state index contributed by atoms with van der Waals surface area (Å²) >= 11 is 0. The molecule has 1 aliphatic carbocycles. The molecular weight excluding hydrogens is 381 g/mol. The molecular formula is C18H23F3N2O3S. The van der Waals surface area contributed by atoms with Crippen molar-refractivity contribution in [3.05, 3.63) is 29.8 Å². The van der Waals surface area contributed by atoms with Gasteiger partial charge in [-0.05, 0) is 42.2 Å². The second-order valence-electron chi connectivity index (χ2n) is 7.85. The van der Waals surface area contributed by atoms with Gasteiger partial charge < -0.3 is 4.90 Å². The van der Waals surface area contributed by atoms with Gasteiger partial charge in [0.1, 0.15) is 0 Å². The molecule has 0 spiro atoms. The van der Waals surface area contributed by atoms with Crippen LogP contribution in [0.5, 0.6) is 0 Å². The highest BCUT2D eigenvalue weighted by Crippen LogP contribution is 2.65. The zero-order valence-electron chi connectivity index (χ0n) is 15.4. The summed E-state index contributed by atoms with van der Waals surface area (Å²) in [4.78, 5) is 14.4. The molecule has 1 saturated heterocycles. The number of rotatable bonds is 5. The van der Waals surface area contributed by atoms with Crippen LogP contribution in [0.25, 0.3) is 0 Å². The van der Waals surface area contributed by atoms with Crippen molar-refractivity contribution in [2.24, 2.45) is 17.3 Å². The summed E-state index contributed by atoms with van der Waals surface area (Å²) in [5.74, 6) is 0.717. The van der Waals surface area contributed by atoms with Crippen molar-refractivity contribution in [3.63, 3.8) is 0 Å². The predicted molar refractivity (Wildman–Crippen MR) is 95.0 cm³/mol. The van der Waals surface area contributed by atoms with Crippen molar-refractivity contribution >= 4 is 21.6 Å². The number of benzene rings is 1. The Hall–Kier alpha value is -1.77. The first-order valence-corrected chi connectivity index (χ1v) is 10.3. The van der Waals surface area contributed by atoms with Gasteiger partial charge in [-0.2, -0.15) is 21.6 Å². The summed E-state index contributed by atoms with van der Waals surface area (Å²) in [5.41, 5.74) is -5.20. The van der Waals surface area contributed by atoms with E-state index in [1.165, 1.54) is 18.2 Å². The first-order chi connectivity index (χ1) is 12.4. The third kappa shape index (κ3) is 3.41. The summed E-state index contributed by atoms with van der Waals surface area (Å²) in [6.07, 6.45) is 1.40. The van der Waals surface area contributed by atoms with Crippen molar-refractivity contribution in [3.8, 4) is 0 Å². The number of para-hydroxylation sites is 1. The number of fused-ring (bicyclic) bond motifs is 1. The van der Waals surface area contributed by atoms with E-state index in [1.54, 1.807) is 15.7 Å². The summed E-state index contributed by atoms with van der Waals surface area (Å²) < 4.78 is 62.6. The number of nitrogens with one attached hydrogen (secondary N) is 1. The quantitative estimate of drug-likeness (QED) is 0.813. The first kappa shape index (κ1) is 20.0. The number of sulfonamides is 1. The lowest BCUT2D eigenvalue weighted by Crippen LogP contribution is -2.46. The molecule has 1 amide bonds. The minimum atomic E-state index is -5.52. The molecule has 3 rings (SSSR count). The molecule has 1 unspecified atom stereocenters. The minimum absolute atomic E-state index is 0.0321. The third-order valence-corrected chi connectivity index (χ3v) is 7.21. The van der Waals surface area contributed by atoms with E-state index in [-0.39, 0.29) is 29.6 Å². The molecule has 0 bridgehead atoms. The Balaban J connectivity index is 1.83. The van der Waals surface area contributed by atoms with Crippen molar-refractivity contribution < 1.29 is 26.4 Å². The van der Waals surface area contributed by atoms with Gasteiger partial charge in [-0.15, -0.1) is 0 Å². The Morgan fingerprint density at radius 3 is 2.52 bits per heavy atom. The van der Waals surface area contributed by atoms with Crippen molar-refractivity contribution in [1.82, 2.24) is 4.90 Å². The smallest absolute Gasteiger partial charge is 0.335 e. The standard InChI is InChI=1S/C18H23F3N2O3S/c1-11(2)17-8-14(17)12(3)23(16(24)9-17)10-13-6-4-5-7-15(13)22-27(25,26)18(19,20)21/h4-7,11-12,14,22H,8-10H2,1-3H3/t12-,14?,17+/m1/s1. The fraction of sp³-hybridized carbons (Fsp3) is 0.611. The van der Waals surface area contributed by atoms with E-state index in [4.69, 9.17) is 0 Å². The van der Waals surface area contributed by atoms with Crippen LogP contribution in [-0.4, -0.2) is 30.8 Å². The van der Waals surface area contributed by atoms with Crippen LogP contribution in [0.4, 0.5) is 18.9 Å². The van der Waals surface area contributed by atoms with E-state index in [1.807, 2.05) is 6.92 Å². The van der Waals surface area contributed by atoms with Gasteiger partial charge in [0.2, 0.25) is 5.91 Å². The molecule has 27 heavy (non-hydrogen) atoms. The van der Waals surface area contributed by atoms with Gasteiger partial charge in [0.15, 0.2) is 0 Å². The van der Waals surface area contributed by atoms with Crippen LogP contribution in [-0.2, 0) is 21.4 Å². The summed E-state index contributed by atoms with van der Waals surface area (Å²) in [6, 6.07) is 5.82. The molecule has 150 valence electrons. The zero-order chi connectivity index (χ0) is 20.2. The normalized spacial score (nSPS) is 28.3. The molecule has 1 saturated carbocycles. The monoisotopic (exact) mass is 404 g/mol. The van der Waals surface area contributed by atoms with E-state index in [0.29, 0.717) is 23.8 Å². The van der Waals surface area contributed by atoms with Crippen LogP contribution in [0.1, 0.15) is 39.2 Å². The highest BCUT2D eigenvalue weighted by molar-refractivity contribution is 7.93. The maximum absolute atomic E-state index is 12.7. The largest absolute Gasteiger partial charge is 0.516 e. The summed E-state index contributed by atoms with van der Waals surface area (Å²) in [6.45, 7) is 6.24. The number of alkyl halides is 3. The maximum Gasteiger partial charge on any atom is 0.516 e. The maximum atomic E-state index is 12.7. The lowest BCUT2D eigenvalue weighted by atomic mass is 9.81. The number of hydrogen-bond donors (Lipinski definition) is 1. The van der Waals surface area contributed by atoms with E-state index < -0.39 is 15.5 Å². The SMILES string of the molecule is CC(C)[C@]12CC(=O)N(Cc3ccccc3NS(=O)(=O)C(F)(F)F)[C@H](C)C1C2. The van der Waals surface area contributed by atoms with Crippen LogP contribution in [0.15, 0.2) is 24.3 Å². The second-order valence-corrected chi connectivity index (χ2v) is 9.52. The highest BCUT2D eigenvalue weighted by atomic mass is 32.2. The molecule has 0 aromatic heterocycles. The summed E-state index contributed by atoms with van der Waals surface area (Å²) in [7, 11) is -5.52. The molecule has 2 fully saturated rings. The van der Waals surface area contributed by atoms with Crippen LogP contribution < -0.4 is 4.72 Å². The molecule has 3 atom stereocenters. The van der Waals surface area contributed by atoms with E-state index in [0.717, 1.165) is 6.42 Å². The Labute approximate surface area is 157 Å². The van der Waals surface area contributed by atoms with Gasteiger partial charge in [0, 0.05) is 19.0 Å². The number of piperidine rings is 1. The Kier molecular flexibility index (Phi) is 4.73. The molecule has 1 aliphatic heterocycles. The van der Waals surface area contributed by atoms with E-state index in [2.05, 4.69) is 13.8 Å². The Morgan fingerprint density at radius 2 is 1.93 bits per heavy atom. The number of likely N-dealkylation sites (tertiary alicyclic amines) is 1. The van der Waals surface area contributed by atoms with Gasteiger partial charge in [-0.1, -0.05) is 32.0 Å². The third-order valence-electron chi connectivity index (χ3n) is 6.11. The number of amides is 1. The molecule has 0 radical (unpaired) electrons. The van der Waals surface area contributed by atoms with Gasteiger partial charge in [0.25, 0.3) is 0 Å². The molecule has 1 aromatic carbocycles. The highest BCUT2D eigenvalue weighted by Gasteiger charge is 2.63. The van der Waals surface area contributed by atoms with Crippen LogP contribution in [0.3, 0.4) is 0 Å². The molecule has 9 heteroatoms. The lowest BCUT2D eigenvalue weighted by molar-refractivity contribution is -0.140. The predicted octanol–water partition coefficient (Wildman–Crippen LogP) is 3.73.